The lowest BCUT2D eigenvalue weighted by molar-refractivity contribution is -0.132. The number of anilines is 1. The number of aliphatic hydroxyl groups is 1. The summed E-state index contributed by atoms with van der Waals surface area (Å²) in [5, 5.41) is 13.3. The van der Waals surface area contributed by atoms with Crippen molar-refractivity contribution in [1.29, 1.82) is 0 Å². The Morgan fingerprint density at radius 1 is 0.788 bits per heavy atom. The molecular weight excluding hydrogens is 410 g/mol. The van der Waals surface area contributed by atoms with Gasteiger partial charge in [-0.3, -0.25) is 14.5 Å². The summed E-state index contributed by atoms with van der Waals surface area (Å²) in [7, 11) is 0. The first-order valence-electron chi connectivity index (χ1n) is 10.9. The van der Waals surface area contributed by atoms with E-state index in [0.717, 1.165) is 27.5 Å². The molecule has 0 saturated carbocycles. The van der Waals surface area contributed by atoms with Gasteiger partial charge in [0, 0.05) is 11.3 Å². The molecule has 1 aliphatic rings. The predicted octanol–water partition coefficient (Wildman–Crippen LogP) is 6.08. The van der Waals surface area contributed by atoms with Crippen molar-refractivity contribution in [2.24, 2.45) is 0 Å². The monoisotopic (exact) mass is 433 g/mol. The van der Waals surface area contributed by atoms with Gasteiger partial charge in [0.25, 0.3) is 11.7 Å². The number of rotatable bonds is 3. The van der Waals surface area contributed by atoms with Gasteiger partial charge < -0.3 is 5.11 Å². The third-order valence-electron chi connectivity index (χ3n) is 6.09. The number of carbonyl (C=O) groups is 2. The van der Waals surface area contributed by atoms with Crippen LogP contribution < -0.4 is 4.90 Å². The van der Waals surface area contributed by atoms with Crippen molar-refractivity contribution in [1.82, 2.24) is 0 Å². The van der Waals surface area contributed by atoms with E-state index in [2.05, 4.69) is 0 Å². The molecule has 4 aromatic carbocycles. The highest BCUT2D eigenvalue weighted by atomic mass is 16.3. The zero-order valence-corrected chi connectivity index (χ0v) is 18.4. The first-order valence-corrected chi connectivity index (χ1v) is 10.9. The van der Waals surface area contributed by atoms with Gasteiger partial charge in [0.2, 0.25) is 0 Å². The molecule has 1 aliphatic heterocycles. The number of ketones is 1. The second kappa shape index (κ2) is 8.06. The number of hydrogen-bond acceptors (Lipinski definition) is 3. The number of aryl methyl sites for hydroxylation is 2. The summed E-state index contributed by atoms with van der Waals surface area (Å²) in [6.45, 7) is 3.92. The molecule has 1 fully saturated rings. The van der Waals surface area contributed by atoms with E-state index in [1.54, 1.807) is 6.07 Å². The van der Waals surface area contributed by atoms with Gasteiger partial charge in [-0.1, -0.05) is 78.9 Å². The number of amides is 1. The van der Waals surface area contributed by atoms with Gasteiger partial charge in [0.15, 0.2) is 0 Å². The van der Waals surface area contributed by atoms with Crippen molar-refractivity contribution in [3.8, 4) is 0 Å². The van der Waals surface area contributed by atoms with Gasteiger partial charge in [0.05, 0.1) is 11.6 Å². The van der Waals surface area contributed by atoms with Gasteiger partial charge >= 0.3 is 0 Å². The summed E-state index contributed by atoms with van der Waals surface area (Å²) < 4.78 is 0. The maximum absolute atomic E-state index is 13.4. The lowest BCUT2D eigenvalue weighted by Crippen LogP contribution is -2.29. The standard InChI is InChI=1S/C29H23NO3/c1-18-15-19(2)17-22(16-18)30-26(21-10-4-3-5-11-21)25(28(32)29(30)33)27(31)24-14-8-12-20-9-6-7-13-23(20)24/h3-17,26,31H,1-2H3/b27-25-. The highest BCUT2D eigenvalue weighted by Gasteiger charge is 2.47. The molecule has 4 heteroatoms. The van der Waals surface area contributed by atoms with Gasteiger partial charge in [-0.25, -0.2) is 0 Å². The largest absolute Gasteiger partial charge is 0.507 e. The van der Waals surface area contributed by atoms with Crippen LogP contribution in [0.3, 0.4) is 0 Å². The van der Waals surface area contributed by atoms with Crippen LogP contribution in [0.15, 0.2) is 96.6 Å². The number of Topliss-reactive ketones (excluding diaryl/α,β-unsaturated/α-hetero) is 1. The Morgan fingerprint density at radius 3 is 2.15 bits per heavy atom. The Bertz CT molecular complexity index is 1410. The topological polar surface area (TPSA) is 57.6 Å². The number of carbonyl (C=O) groups excluding carboxylic acids is 2. The minimum atomic E-state index is -0.730. The molecular formula is C29H23NO3. The summed E-state index contributed by atoms with van der Waals surface area (Å²) in [4.78, 5) is 28.2. The molecule has 1 atom stereocenters. The number of nitrogens with zero attached hydrogens (tertiary/aromatic N) is 1. The molecule has 1 heterocycles. The summed E-state index contributed by atoms with van der Waals surface area (Å²) >= 11 is 0. The normalized spacial score (nSPS) is 17.6. The zero-order valence-electron chi connectivity index (χ0n) is 18.4. The molecule has 1 saturated heterocycles. The van der Waals surface area contributed by atoms with Crippen LogP contribution in [0.4, 0.5) is 5.69 Å². The van der Waals surface area contributed by atoms with E-state index >= 15 is 0 Å². The summed E-state index contributed by atoms with van der Waals surface area (Å²) in [6, 6.07) is 27.7. The van der Waals surface area contributed by atoms with Gasteiger partial charge in [-0.05, 0) is 53.4 Å². The highest BCUT2D eigenvalue weighted by Crippen LogP contribution is 2.43. The molecule has 5 rings (SSSR count). The molecule has 162 valence electrons. The Hall–Kier alpha value is -4.18. The van der Waals surface area contributed by atoms with Crippen LogP contribution in [0.2, 0.25) is 0 Å². The molecule has 0 radical (unpaired) electrons. The minimum Gasteiger partial charge on any atom is -0.507 e. The highest BCUT2D eigenvalue weighted by molar-refractivity contribution is 6.51. The average molecular weight is 434 g/mol. The first-order chi connectivity index (χ1) is 16.0. The van der Waals surface area contributed by atoms with E-state index in [1.807, 2.05) is 98.8 Å². The van der Waals surface area contributed by atoms with Crippen LogP contribution in [0, 0.1) is 13.8 Å². The van der Waals surface area contributed by atoms with E-state index in [4.69, 9.17) is 0 Å². The Labute approximate surface area is 192 Å². The van der Waals surface area contributed by atoms with Crippen molar-refractivity contribution in [2.75, 3.05) is 4.90 Å². The number of aliphatic hydroxyl groups excluding tert-OH is 1. The Balaban J connectivity index is 1.79. The maximum atomic E-state index is 13.4. The van der Waals surface area contributed by atoms with E-state index in [-0.39, 0.29) is 11.3 Å². The predicted molar refractivity (Wildman–Crippen MR) is 131 cm³/mol. The second-order valence-electron chi connectivity index (χ2n) is 8.45. The lowest BCUT2D eigenvalue weighted by atomic mass is 9.93. The minimum absolute atomic E-state index is 0.0988. The Kier molecular flexibility index (Phi) is 5.06. The van der Waals surface area contributed by atoms with Crippen molar-refractivity contribution in [2.45, 2.75) is 19.9 Å². The van der Waals surface area contributed by atoms with Gasteiger partial charge in [-0.2, -0.15) is 0 Å². The Morgan fingerprint density at radius 2 is 1.42 bits per heavy atom. The molecule has 0 aliphatic carbocycles. The van der Waals surface area contributed by atoms with Crippen LogP contribution in [-0.2, 0) is 9.59 Å². The van der Waals surface area contributed by atoms with Crippen LogP contribution in [-0.4, -0.2) is 16.8 Å². The number of fused-ring (bicyclic) bond motifs is 1. The van der Waals surface area contributed by atoms with E-state index < -0.39 is 17.7 Å². The lowest BCUT2D eigenvalue weighted by Gasteiger charge is -2.26. The quantitative estimate of drug-likeness (QED) is 0.242. The molecule has 33 heavy (non-hydrogen) atoms. The van der Waals surface area contributed by atoms with E-state index in [1.165, 1.54) is 4.90 Å². The van der Waals surface area contributed by atoms with Crippen molar-refractivity contribution in [3.05, 3.63) is 119 Å². The zero-order chi connectivity index (χ0) is 23.1. The third-order valence-corrected chi connectivity index (χ3v) is 6.09. The molecule has 0 spiro atoms. The van der Waals surface area contributed by atoms with Crippen molar-refractivity contribution < 1.29 is 14.7 Å². The van der Waals surface area contributed by atoms with Crippen molar-refractivity contribution >= 4 is 33.9 Å². The SMILES string of the molecule is Cc1cc(C)cc(N2C(=O)C(=O)/C(=C(\O)c3cccc4ccccc34)C2c2ccccc2)c1. The molecule has 1 amide bonds. The first kappa shape index (κ1) is 20.7. The molecule has 1 unspecified atom stereocenters. The summed E-state index contributed by atoms with van der Waals surface area (Å²) in [5.74, 6) is -1.49. The molecule has 0 bridgehead atoms. The fraction of sp³-hybridized carbons (Fsp3) is 0.103. The van der Waals surface area contributed by atoms with Crippen LogP contribution >= 0.6 is 0 Å². The van der Waals surface area contributed by atoms with E-state index in [9.17, 15) is 14.7 Å². The number of hydrogen-bond donors (Lipinski definition) is 1. The van der Waals surface area contributed by atoms with Gasteiger partial charge in [-0.15, -0.1) is 0 Å². The average Bonchev–Trinajstić information content (AvgIpc) is 3.08. The maximum Gasteiger partial charge on any atom is 0.300 e. The molecule has 0 aromatic heterocycles. The van der Waals surface area contributed by atoms with Crippen LogP contribution in [0.5, 0.6) is 0 Å². The van der Waals surface area contributed by atoms with Crippen LogP contribution in [0.1, 0.15) is 28.3 Å². The third kappa shape index (κ3) is 3.50. The van der Waals surface area contributed by atoms with Gasteiger partial charge in [0.1, 0.15) is 5.76 Å². The van der Waals surface area contributed by atoms with Crippen molar-refractivity contribution in [3.63, 3.8) is 0 Å². The summed E-state index contributed by atoms with van der Waals surface area (Å²) in [6.07, 6.45) is 0. The van der Waals surface area contributed by atoms with Crippen LogP contribution in [0.25, 0.3) is 16.5 Å². The molecule has 1 N–H and O–H groups in total. The molecule has 4 aromatic rings. The second-order valence-corrected chi connectivity index (χ2v) is 8.45. The smallest absolute Gasteiger partial charge is 0.300 e. The summed E-state index contributed by atoms with van der Waals surface area (Å²) in [5.41, 5.74) is 4.02. The fourth-order valence-corrected chi connectivity index (χ4v) is 4.72. The number of benzene rings is 4. The van der Waals surface area contributed by atoms with E-state index in [0.29, 0.717) is 11.3 Å². The fourth-order valence-electron chi connectivity index (χ4n) is 4.72. The molecule has 4 nitrogen and oxygen atoms in total.